The summed E-state index contributed by atoms with van der Waals surface area (Å²) >= 11 is 5.99. The molecule has 1 aliphatic carbocycles. The smallest absolute Gasteiger partial charge is 0.339 e. The molecule has 1 aromatic rings. The van der Waals surface area contributed by atoms with E-state index in [0.29, 0.717) is 22.9 Å². The maximum Gasteiger partial charge on any atom is 0.339 e. The Kier molecular flexibility index (Phi) is 3.83. The fourth-order valence-corrected chi connectivity index (χ4v) is 3.84. The van der Waals surface area contributed by atoms with E-state index in [-0.39, 0.29) is 5.56 Å². The lowest BCUT2D eigenvalue weighted by Crippen LogP contribution is -2.47. The van der Waals surface area contributed by atoms with Crippen LogP contribution in [0.15, 0.2) is 12.1 Å². The molecule has 0 amide bonds. The van der Waals surface area contributed by atoms with Crippen molar-refractivity contribution in [2.45, 2.75) is 44.6 Å². The molecule has 20 heavy (non-hydrogen) atoms. The minimum absolute atomic E-state index is 0.264. The molecule has 2 atom stereocenters. The Labute approximate surface area is 123 Å². The molecule has 0 aromatic carbocycles. The zero-order chi connectivity index (χ0) is 14.1. The Morgan fingerprint density at radius 2 is 2.00 bits per heavy atom. The molecule has 4 nitrogen and oxygen atoms in total. The highest BCUT2D eigenvalue weighted by Gasteiger charge is 2.35. The monoisotopic (exact) mass is 294 g/mol. The lowest BCUT2D eigenvalue weighted by molar-refractivity contribution is 0.0696. The molecule has 1 saturated carbocycles. The fraction of sp³-hybridized carbons (Fsp3) is 0.600. The summed E-state index contributed by atoms with van der Waals surface area (Å²) in [5.74, 6) is 0.309. The first kappa shape index (κ1) is 13.7. The Morgan fingerprint density at radius 1 is 1.25 bits per heavy atom. The highest BCUT2D eigenvalue weighted by molar-refractivity contribution is 6.29. The van der Waals surface area contributed by atoms with Crippen molar-refractivity contribution in [3.8, 4) is 0 Å². The van der Waals surface area contributed by atoms with Crippen LogP contribution < -0.4 is 4.90 Å². The normalized spacial score (nSPS) is 26.1. The summed E-state index contributed by atoms with van der Waals surface area (Å²) in [5.41, 5.74) is 0.264. The molecule has 2 heterocycles. The van der Waals surface area contributed by atoms with Gasteiger partial charge in [0.2, 0.25) is 0 Å². The molecule has 1 aliphatic heterocycles. The van der Waals surface area contributed by atoms with Crippen LogP contribution in [-0.2, 0) is 0 Å². The summed E-state index contributed by atoms with van der Waals surface area (Å²) in [6.07, 6.45) is 7.27. The van der Waals surface area contributed by atoms with Gasteiger partial charge in [0, 0.05) is 12.6 Å². The van der Waals surface area contributed by atoms with E-state index in [1.807, 2.05) is 0 Å². The van der Waals surface area contributed by atoms with Crippen LogP contribution in [0.4, 0.5) is 5.82 Å². The molecule has 0 bridgehead atoms. The van der Waals surface area contributed by atoms with Gasteiger partial charge in [-0.1, -0.05) is 24.4 Å². The molecule has 1 aromatic heterocycles. The fourth-order valence-electron chi connectivity index (χ4n) is 3.70. The van der Waals surface area contributed by atoms with Crippen molar-refractivity contribution in [1.82, 2.24) is 4.98 Å². The number of hydrogen-bond acceptors (Lipinski definition) is 3. The largest absolute Gasteiger partial charge is 0.478 e. The number of carboxylic acids is 1. The highest BCUT2D eigenvalue weighted by Crippen LogP contribution is 2.38. The molecule has 2 fully saturated rings. The second-order valence-electron chi connectivity index (χ2n) is 5.76. The Bertz CT molecular complexity index is 519. The number of aromatic carboxylic acids is 1. The van der Waals surface area contributed by atoms with Gasteiger partial charge in [-0.05, 0) is 43.7 Å². The predicted molar refractivity (Wildman–Crippen MR) is 78.5 cm³/mol. The van der Waals surface area contributed by atoms with Crippen LogP contribution in [0.3, 0.4) is 0 Å². The van der Waals surface area contributed by atoms with Gasteiger partial charge >= 0.3 is 5.97 Å². The van der Waals surface area contributed by atoms with Crippen LogP contribution >= 0.6 is 11.6 Å². The van der Waals surface area contributed by atoms with E-state index in [2.05, 4.69) is 9.88 Å². The molecule has 108 valence electrons. The quantitative estimate of drug-likeness (QED) is 0.847. The number of carbonyl (C=O) groups is 1. The minimum Gasteiger partial charge on any atom is -0.478 e. The molecule has 2 unspecified atom stereocenters. The number of rotatable bonds is 2. The van der Waals surface area contributed by atoms with E-state index in [1.54, 1.807) is 12.1 Å². The summed E-state index contributed by atoms with van der Waals surface area (Å²) in [4.78, 5) is 17.9. The Hall–Kier alpha value is -1.29. The molecular weight excluding hydrogens is 276 g/mol. The van der Waals surface area contributed by atoms with E-state index in [0.717, 1.165) is 19.4 Å². The molecule has 2 aliphatic rings. The van der Waals surface area contributed by atoms with E-state index in [4.69, 9.17) is 11.6 Å². The summed E-state index contributed by atoms with van der Waals surface area (Å²) in [5, 5.41) is 9.74. The Morgan fingerprint density at radius 3 is 2.80 bits per heavy atom. The van der Waals surface area contributed by atoms with Gasteiger partial charge in [-0.2, -0.15) is 0 Å². The van der Waals surface area contributed by atoms with Gasteiger partial charge < -0.3 is 10.0 Å². The summed E-state index contributed by atoms with van der Waals surface area (Å²) < 4.78 is 0. The van der Waals surface area contributed by atoms with Crippen LogP contribution in [0.2, 0.25) is 5.15 Å². The maximum absolute atomic E-state index is 11.4. The summed E-state index contributed by atoms with van der Waals surface area (Å²) in [6, 6.07) is 3.55. The third-order valence-corrected chi connectivity index (χ3v) is 4.80. The SMILES string of the molecule is O=C(O)c1ccc(Cl)nc1N1CCCC2CCCCC21. The number of hydrogen-bond donors (Lipinski definition) is 1. The van der Waals surface area contributed by atoms with Crippen molar-refractivity contribution in [2.75, 3.05) is 11.4 Å². The maximum atomic E-state index is 11.4. The molecule has 0 radical (unpaired) electrons. The van der Waals surface area contributed by atoms with Gasteiger partial charge in [-0.15, -0.1) is 0 Å². The molecule has 1 N–H and O–H groups in total. The molecule has 1 saturated heterocycles. The van der Waals surface area contributed by atoms with Gasteiger partial charge in [0.05, 0.1) is 0 Å². The van der Waals surface area contributed by atoms with Crippen molar-refractivity contribution in [2.24, 2.45) is 5.92 Å². The second-order valence-corrected chi connectivity index (χ2v) is 6.15. The molecule has 3 rings (SSSR count). The van der Waals surface area contributed by atoms with E-state index < -0.39 is 5.97 Å². The van der Waals surface area contributed by atoms with Crippen LogP contribution in [-0.4, -0.2) is 28.6 Å². The Balaban J connectivity index is 1.98. The number of pyridine rings is 1. The molecular formula is C15H19ClN2O2. The lowest BCUT2D eigenvalue weighted by atomic mass is 9.78. The highest BCUT2D eigenvalue weighted by atomic mass is 35.5. The van der Waals surface area contributed by atoms with Crippen molar-refractivity contribution in [3.05, 3.63) is 22.8 Å². The third-order valence-electron chi connectivity index (χ3n) is 4.59. The summed E-state index contributed by atoms with van der Waals surface area (Å²) in [7, 11) is 0. The van der Waals surface area contributed by atoms with Crippen LogP contribution in [0.1, 0.15) is 48.9 Å². The predicted octanol–water partition coefficient (Wildman–Crippen LogP) is 3.59. The number of halogens is 1. The summed E-state index contributed by atoms with van der Waals surface area (Å²) in [6.45, 7) is 0.884. The van der Waals surface area contributed by atoms with Gasteiger partial charge in [0.25, 0.3) is 0 Å². The minimum atomic E-state index is -0.929. The van der Waals surface area contributed by atoms with Crippen molar-refractivity contribution in [3.63, 3.8) is 0 Å². The van der Waals surface area contributed by atoms with Crippen LogP contribution in [0.25, 0.3) is 0 Å². The standard InChI is InChI=1S/C15H19ClN2O2/c16-13-8-7-11(15(19)20)14(17-13)18-9-3-5-10-4-1-2-6-12(10)18/h7-8,10,12H,1-6,9H2,(H,19,20). The molecule has 5 heteroatoms. The van der Waals surface area contributed by atoms with Gasteiger partial charge in [-0.3, -0.25) is 0 Å². The van der Waals surface area contributed by atoms with E-state index in [9.17, 15) is 9.90 Å². The average molecular weight is 295 g/mol. The van der Waals surface area contributed by atoms with Gasteiger partial charge in [0.1, 0.15) is 16.5 Å². The van der Waals surface area contributed by atoms with E-state index >= 15 is 0 Å². The zero-order valence-electron chi connectivity index (χ0n) is 11.4. The number of piperidine rings is 1. The lowest BCUT2D eigenvalue weighted by Gasteiger charge is -2.45. The van der Waals surface area contributed by atoms with Crippen molar-refractivity contribution >= 4 is 23.4 Å². The average Bonchev–Trinajstić information content (AvgIpc) is 2.46. The number of carboxylic acid groups (broad SMARTS) is 1. The number of aromatic nitrogens is 1. The van der Waals surface area contributed by atoms with Crippen LogP contribution in [0, 0.1) is 5.92 Å². The van der Waals surface area contributed by atoms with Gasteiger partial charge in [0.15, 0.2) is 0 Å². The van der Waals surface area contributed by atoms with Crippen molar-refractivity contribution in [1.29, 1.82) is 0 Å². The van der Waals surface area contributed by atoms with Crippen molar-refractivity contribution < 1.29 is 9.90 Å². The first-order valence-electron chi connectivity index (χ1n) is 7.33. The van der Waals surface area contributed by atoms with Gasteiger partial charge in [-0.25, -0.2) is 9.78 Å². The number of fused-ring (bicyclic) bond motifs is 1. The third kappa shape index (κ3) is 2.49. The first-order chi connectivity index (χ1) is 9.66. The zero-order valence-corrected chi connectivity index (χ0v) is 12.1. The number of nitrogens with zero attached hydrogens (tertiary/aromatic N) is 2. The second kappa shape index (κ2) is 5.60. The molecule has 0 spiro atoms. The number of anilines is 1. The first-order valence-corrected chi connectivity index (χ1v) is 7.71. The van der Waals surface area contributed by atoms with E-state index in [1.165, 1.54) is 25.7 Å². The van der Waals surface area contributed by atoms with Crippen LogP contribution in [0.5, 0.6) is 0 Å². The topological polar surface area (TPSA) is 53.4 Å².